The standard InChI is InChI=1S/3C12H15Cl2S.3FH/c3*1-6-9(13)8(12(3,4)5)10(14)7(2)11(6)15;;;/h3*1-5H3;3*1H. The van der Waals surface area contributed by atoms with Gasteiger partial charge in [-0.15, -0.1) is 0 Å². The van der Waals surface area contributed by atoms with E-state index in [0.717, 1.165) is 64.8 Å². The van der Waals surface area contributed by atoms with Gasteiger partial charge in [0, 0.05) is 14.7 Å². The smallest absolute Gasteiger partial charge is 0.0501 e. The van der Waals surface area contributed by atoms with Crippen LogP contribution in [0.15, 0.2) is 14.7 Å². The van der Waals surface area contributed by atoms with Crippen LogP contribution in [0.5, 0.6) is 0 Å². The average molecular weight is 847 g/mol. The molecule has 0 spiro atoms. The molecular weight excluding hydrogens is 798 g/mol. The first kappa shape index (κ1) is 52.2. The van der Waals surface area contributed by atoms with Gasteiger partial charge in [0.1, 0.15) is 0 Å². The highest BCUT2D eigenvalue weighted by atomic mass is 35.5. The summed E-state index contributed by atoms with van der Waals surface area (Å²) in [6.45, 7) is 30.6. The third-order valence-corrected chi connectivity index (χ3v) is 12.3. The van der Waals surface area contributed by atoms with Gasteiger partial charge in [0.25, 0.3) is 0 Å². The number of rotatable bonds is 0. The fourth-order valence-corrected chi connectivity index (χ4v) is 8.76. The number of hydrogen-bond donors (Lipinski definition) is 0. The van der Waals surface area contributed by atoms with Gasteiger partial charge >= 0.3 is 0 Å². The molecule has 0 bridgehead atoms. The average Bonchev–Trinajstić information content (AvgIpc) is 2.89. The summed E-state index contributed by atoms with van der Waals surface area (Å²) in [5.41, 5.74) is 8.54. The van der Waals surface area contributed by atoms with E-state index in [4.69, 9.17) is 107 Å². The molecule has 0 fully saturated rings. The van der Waals surface area contributed by atoms with E-state index >= 15 is 0 Å². The monoisotopic (exact) mass is 843 g/mol. The van der Waals surface area contributed by atoms with Gasteiger partial charge in [-0.25, -0.2) is 0 Å². The summed E-state index contributed by atoms with van der Waals surface area (Å²) >= 11 is 53.7. The topological polar surface area (TPSA) is 0 Å². The maximum Gasteiger partial charge on any atom is 0.0501 e. The predicted molar refractivity (Wildman–Crippen MR) is 219 cm³/mol. The second-order valence-electron chi connectivity index (χ2n) is 14.5. The number of halogens is 9. The van der Waals surface area contributed by atoms with Crippen LogP contribution >= 0.6 is 107 Å². The molecule has 0 atom stereocenters. The molecular formula is C36H48Cl6F3S3. The van der Waals surface area contributed by atoms with E-state index in [1.165, 1.54) is 0 Å². The maximum absolute atomic E-state index is 6.31. The summed E-state index contributed by atoms with van der Waals surface area (Å²) < 4.78 is 0. The lowest BCUT2D eigenvalue weighted by Gasteiger charge is -2.25. The molecule has 12 heteroatoms. The van der Waals surface area contributed by atoms with Crippen molar-refractivity contribution in [2.24, 2.45) is 0 Å². The third kappa shape index (κ3) is 11.4. The molecule has 0 aliphatic heterocycles. The molecule has 3 aromatic rings. The zero-order chi connectivity index (χ0) is 35.9. The fraction of sp³-hybridized carbons (Fsp3) is 0.500. The van der Waals surface area contributed by atoms with Crippen LogP contribution in [-0.4, -0.2) is 0 Å². The van der Waals surface area contributed by atoms with Crippen molar-refractivity contribution in [2.45, 2.75) is 135 Å². The second kappa shape index (κ2) is 19.1. The highest BCUT2D eigenvalue weighted by Crippen LogP contribution is 2.44. The Bertz CT molecular complexity index is 1330. The molecule has 0 aliphatic rings. The Labute approximate surface area is 334 Å². The van der Waals surface area contributed by atoms with Crippen LogP contribution in [0.1, 0.15) is 112 Å². The summed E-state index contributed by atoms with van der Waals surface area (Å²) in [4.78, 5) is 2.33. The van der Waals surface area contributed by atoms with Crippen LogP contribution in [0, 0.1) is 41.5 Å². The van der Waals surface area contributed by atoms with Gasteiger partial charge in [0.2, 0.25) is 0 Å². The highest BCUT2D eigenvalue weighted by molar-refractivity contribution is 7.80. The molecule has 0 heterocycles. The molecule has 0 aliphatic carbocycles. The summed E-state index contributed by atoms with van der Waals surface area (Å²) in [6.07, 6.45) is 0. The van der Waals surface area contributed by atoms with Gasteiger partial charge in [0.15, 0.2) is 0 Å². The normalized spacial score (nSPS) is 11.2. The number of benzene rings is 3. The minimum Gasteiger partial charge on any atom is -0.269 e. The molecule has 273 valence electrons. The first-order valence-corrected chi connectivity index (χ1v) is 18.0. The van der Waals surface area contributed by atoms with E-state index < -0.39 is 0 Å². The van der Waals surface area contributed by atoms with Crippen molar-refractivity contribution in [3.05, 3.63) is 80.2 Å². The van der Waals surface area contributed by atoms with Crippen molar-refractivity contribution >= 4 is 107 Å². The summed E-state index contributed by atoms with van der Waals surface area (Å²) in [5.74, 6) is 0. The van der Waals surface area contributed by atoms with Crippen LogP contribution in [0.4, 0.5) is 14.1 Å². The fourth-order valence-electron chi connectivity index (χ4n) is 4.83. The summed E-state index contributed by atoms with van der Waals surface area (Å²) in [6, 6.07) is 0. The molecule has 0 nitrogen and oxygen atoms in total. The molecule has 0 saturated carbocycles. The lowest BCUT2D eigenvalue weighted by molar-refractivity contribution is 0.588. The van der Waals surface area contributed by atoms with Gasteiger partial charge in [0.05, 0.1) is 30.1 Å². The minimum atomic E-state index is -0.0628. The van der Waals surface area contributed by atoms with E-state index in [-0.39, 0.29) is 30.4 Å². The SMILES string of the molecule is Cc1c([S])c(C)c(Cl)c(C(C)(C)C)c1Cl.Cc1c([S])c(C)c(Cl)c(C(C)(C)C)c1Cl.Cc1c([S])c(C)c(Cl)c(C(C)(C)C)c1Cl.F.F.F. The largest absolute Gasteiger partial charge is 0.269 e. The zero-order valence-electron chi connectivity index (χ0n) is 30.2. The van der Waals surface area contributed by atoms with E-state index in [9.17, 15) is 0 Å². The molecule has 3 radical (unpaired) electrons. The van der Waals surface area contributed by atoms with Crippen molar-refractivity contribution in [1.82, 2.24) is 0 Å². The van der Waals surface area contributed by atoms with Crippen molar-refractivity contribution < 1.29 is 14.1 Å². The van der Waals surface area contributed by atoms with E-state index in [0.29, 0.717) is 30.1 Å². The van der Waals surface area contributed by atoms with E-state index in [1.54, 1.807) is 0 Å². The molecule has 0 unspecified atom stereocenters. The zero-order valence-corrected chi connectivity index (χ0v) is 37.2. The predicted octanol–water partition coefficient (Wildman–Crippen LogP) is 16.8. The molecule has 3 rings (SSSR count). The first-order chi connectivity index (χ1) is 20.0. The number of hydrogen-bond acceptors (Lipinski definition) is 0. The molecule has 48 heavy (non-hydrogen) atoms. The Morgan fingerprint density at radius 2 is 0.417 bits per heavy atom. The van der Waals surface area contributed by atoms with Gasteiger partial charge in [-0.3, -0.25) is 14.1 Å². The molecule has 0 amide bonds. The summed E-state index contributed by atoms with van der Waals surface area (Å²) in [7, 11) is 0. The van der Waals surface area contributed by atoms with E-state index in [2.05, 4.69) is 62.3 Å². The lowest BCUT2D eigenvalue weighted by atomic mass is 9.85. The maximum atomic E-state index is 6.31. The second-order valence-corrected chi connectivity index (χ2v) is 18.0. The first-order valence-electron chi connectivity index (χ1n) is 14.5. The Kier molecular flexibility index (Phi) is 20.8. The van der Waals surface area contributed by atoms with Gasteiger partial charge in [-0.1, -0.05) is 170 Å². The Morgan fingerprint density at radius 1 is 0.312 bits per heavy atom. The van der Waals surface area contributed by atoms with Gasteiger partial charge in [-0.2, -0.15) is 0 Å². The van der Waals surface area contributed by atoms with Crippen LogP contribution < -0.4 is 0 Å². The van der Waals surface area contributed by atoms with Crippen molar-refractivity contribution in [3.63, 3.8) is 0 Å². The lowest BCUT2D eigenvalue weighted by Crippen LogP contribution is -2.14. The van der Waals surface area contributed by atoms with Crippen molar-refractivity contribution in [2.75, 3.05) is 0 Å². The third-order valence-electron chi connectivity index (χ3n) is 7.59. The van der Waals surface area contributed by atoms with Gasteiger partial charge < -0.3 is 0 Å². The van der Waals surface area contributed by atoms with Crippen molar-refractivity contribution in [3.8, 4) is 0 Å². The molecule has 0 N–H and O–H groups in total. The van der Waals surface area contributed by atoms with Gasteiger partial charge in [-0.05, 0) is 108 Å². The van der Waals surface area contributed by atoms with Crippen LogP contribution in [0.3, 0.4) is 0 Å². The minimum absolute atomic E-state index is 0. The summed E-state index contributed by atoms with van der Waals surface area (Å²) in [5, 5.41) is 4.27. The Balaban J connectivity index is -0.000000614. The van der Waals surface area contributed by atoms with Crippen LogP contribution in [-0.2, 0) is 16.2 Å². The Hall–Kier alpha value is -0.150. The quantitative estimate of drug-likeness (QED) is 0.211. The molecule has 3 aromatic carbocycles. The van der Waals surface area contributed by atoms with E-state index in [1.807, 2.05) is 41.5 Å². The van der Waals surface area contributed by atoms with Crippen LogP contribution in [0.2, 0.25) is 30.1 Å². The highest BCUT2D eigenvalue weighted by Gasteiger charge is 2.27. The van der Waals surface area contributed by atoms with Crippen molar-refractivity contribution in [1.29, 1.82) is 0 Å². The Morgan fingerprint density at radius 3 is 0.500 bits per heavy atom. The molecule has 0 saturated heterocycles. The molecule has 0 aromatic heterocycles. The van der Waals surface area contributed by atoms with Crippen LogP contribution in [0.25, 0.3) is 0 Å².